The lowest BCUT2D eigenvalue weighted by atomic mass is 10.1. The van der Waals surface area contributed by atoms with Crippen molar-refractivity contribution in [2.24, 2.45) is 0 Å². The van der Waals surface area contributed by atoms with Crippen LogP contribution in [0.25, 0.3) is 11.5 Å². The predicted molar refractivity (Wildman–Crippen MR) is 96.7 cm³/mol. The third kappa shape index (κ3) is 3.42. The number of hydrogen-bond acceptors (Lipinski definition) is 3. The lowest BCUT2D eigenvalue weighted by molar-refractivity contribution is 0.0952. The number of H-pyrrole nitrogens is 2. The van der Waals surface area contributed by atoms with Crippen LogP contribution in [-0.2, 0) is 0 Å². The van der Waals surface area contributed by atoms with Gasteiger partial charge in [0.25, 0.3) is 5.91 Å². The molecule has 2 aromatic heterocycles. The first-order valence-corrected chi connectivity index (χ1v) is 8.20. The molecule has 0 saturated heterocycles. The van der Waals surface area contributed by atoms with Crippen LogP contribution in [-0.4, -0.2) is 27.9 Å². The van der Waals surface area contributed by atoms with Crippen molar-refractivity contribution in [3.63, 3.8) is 0 Å². The van der Waals surface area contributed by atoms with Crippen molar-refractivity contribution in [3.05, 3.63) is 59.0 Å². The molecular formula is C19H22N4O2. The Balaban J connectivity index is 1.95. The van der Waals surface area contributed by atoms with Gasteiger partial charge in [0, 0.05) is 18.8 Å². The third-order valence-corrected chi connectivity index (χ3v) is 4.19. The minimum Gasteiger partial charge on any atom is -0.484 e. The lowest BCUT2D eigenvalue weighted by Gasteiger charge is -2.14. The van der Waals surface area contributed by atoms with Gasteiger partial charge in [0.2, 0.25) is 0 Å². The van der Waals surface area contributed by atoms with Crippen LogP contribution < -0.4 is 10.1 Å². The molecule has 0 saturated carbocycles. The summed E-state index contributed by atoms with van der Waals surface area (Å²) < 4.78 is 6.06. The number of benzene rings is 1. The zero-order valence-corrected chi connectivity index (χ0v) is 14.8. The molecule has 0 radical (unpaired) electrons. The van der Waals surface area contributed by atoms with E-state index in [1.165, 1.54) is 0 Å². The lowest BCUT2D eigenvalue weighted by Crippen LogP contribution is -2.19. The van der Waals surface area contributed by atoms with E-state index in [1.54, 1.807) is 7.05 Å². The third-order valence-electron chi connectivity index (χ3n) is 4.19. The fourth-order valence-electron chi connectivity index (χ4n) is 2.61. The zero-order chi connectivity index (χ0) is 18.0. The SMILES string of the molecule is CNC(=O)c1[nH]c(-c2nc(C)c(C)[nH]2)cc1O[C@@H](C)c1ccccc1. The van der Waals surface area contributed by atoms with E-state index in [9.17, 15) is 4.79 Å². The second-order valence-electron chi connectivity index (χ2n) is 5.97. The number of aromatic amines is 2. The maximum atomic E-state index is 12.2. The number of carbonyl (C=O) groups is 1. The molecule has 3 aromatic rings. The summed E-state index contributed by atoms with van der Waals surface area (Å²) in [5.41, 5.74) is 4.05. The first-order valence-electron chi connectivity index (χ1n) is 8.20. The number of amides is 1. The Morgan fingerprint density at radius 1 is 1.20 bits per heavy atom. The Labute approximate surface area is 146 Å². The summed E-state index contributed by atoms with van der Waals surface area (Å²) in [5, 5.41) is 2.64. The van der Waals surface area contributed by atoms with Crippen molar-refractivity contribution < 1.29 is 9.53 Å². The summed E-state index contributed by atoms with van der Waals surface area (Å²) in [6.45, 7) is 5.85. The van der Waals surface area contributed by atoms with Gasteiger partial charge in [-0.2, -0.15) is 0 Å². The van der Waals surface area contributed by atoms with Crippen LogP contribution in [0.3, 0.4) is 0 Å². The van der Waals surface area contributed by atoms with Crippen LogP contribution in [0.5, 0.6) is 5.75 Å². The van der Waals surface area contributed by atoms with E-state index >= 15 is 0 Å². The van der Waals surface area contributed by atoms with Gasteiger partial charge in [0.05, 0.1) is 11.4 Å². The molecule has 1 atom stereocenters. The van der Waals surface area contributed by atoms with Crippen LogP contribution in [0.2, 0.25) is 0 Å². The minimum absolute atomic E-state index is 0.187. The van der Waals surface area contributed by atoms with Gasteiger partial charge >= 0.3 is 0 Å². The molecule has 0 fully saturated rings. The van der Waals surface area contributed by atoms with Crippen LogP contribution in [0.15, 0.2) is 36.4 Å². The van der Waals surface area contributed by atoms with Gasteiger partial charge in [-0.05, 0) is 26.3 Å². The number of ether oxygens (including phenoxy) is 1. The summed E-state index contributed by atoms with van der Waals surface area (Å²) >= 11 is 0. The summed E-state index contributed by atoms with van der Waals surface area (Å²) in [6, 6.07) is 11.7. The Morgan fingerprint density at radius 3 is 2.52 bits per heavy atom. The highest BCUT2D eigenvalue weighted by molar-refractivity contribution is 5.96. The normalized spacial score (nSPS) is 12.0. The Bertz CT molecular complexity index is 861. The highest BCUT2D eigenvalue weighted by atomic mass is 16.5. The number of nitrogens with one attached hydrogen (secondary N) is 3. The Hall–Kier alpha value is -3.02. The number of rotatable bonds is 5. The summed E-state index contributed by atoms with van der Waals surface area (Å²) in [5.74, 6) is 0.946. The minimum atomic E-state index is -0.235. The van der Waals surface area contributed by atoms with E-state index in [0.717, 1.165) is 17.0 Å². The maximum Gasteiger partial charge on any atom is 0.271 e. The number of imidazole rings is 1. The quantitative estimate of drug-likeness (QED) is 0.665. The Kier molecular flexibility index (Phi) is 4.61. The average molecular weight is 338 g/mol. The van der Waals surface area contributed by atoms with Gasteiger partial charge in [-0.15, -0.1) is 0 Å². The van der Waals surface area contributed by atoms with Crippen molar-refractivity contribution in [2.75, 3.05) is 7.05 Å². The highest BCUT2D eigenvalue weighted by Gasteiger charge is 2.20. The van der Waals surface area contributed by atoms with Gasteiger partial charge in [-0.3, -0.25) is 4.79 Å². The van der Waals surface area contributed by atoms with Crippen LogP contribution in [0.4, 0.5) is 0 Å². The number of hydrogen-bond donors (Lipinski definition) is 3. The average Bonchev–Trinajstić information content (AvgIpc) is 3.18. The summed E-state index contributed by atoms with van der Waals surface area (Å²) in [6.07, 6.45) is -0.187. The molecule has 130 valence electrons. The molecule has 6 nitrogen and oxygen atoms in total. The van der Waals surface area contributed by atoms with Crippen LogP contribution in [0.1, 0.15) is 40.5 Å². The fourth-order valence-corrected chi connectivity index (χ4v) is 2.61. The van der Waals surface area contributed by atoms with E-state index in [4.69, 9.17) is 4.74 Å². The van der Waals surface area contributed by atoms with Crippen molar-refractivity contribution in [1.82, 2.24) is 20.3 Å². The molecule has 0 aliphatic heterocycles. The molecule has 6 heteroatoms. The number of carbonyl (C=O) groups excluding carboxylic acids is 1. The highest BCUT2D eigenvalue weighted by Crippen LogP contribution is 2.30. The molecular weight excluding hydrogens is 316 g/mol. The first-order chi connectivity index (χ1) is 12.0. The molecule has 0 aliphatic carbocycles. The van der Waals surface area contributed by atoms with Gasteiger partial charge in [-0.25, -0.2) is 4.98 Å². The molecule has 0 bridgehead atoms. The van der Waals surface area contributed by atoms with E-state index in [2.05, 4.69) is 20.3 Å². The molecule has 0 aliphatic rings. The second kappa shape index (κ2) is 6.84. The standard InChI is InChI=1S/C19H22N4O2/c1-11-12(2)22-18(21-11)15-10-16(17(23-15)19(24)20-4)25-13(3)14-8-6-5-7-9-14/h5-10,13,23H,1-4H3,(H,20,24)(H,21,22)/t13-/m0/s1. The number of aryl methyl sites for hydroxylation is 2. The van der Waals surface area contributed by atoms with Crippen LogP contribution >= 0.6 is 0 Å². The Morgan fingerprint density at radius 2 is 1.92 bits per heavy atom. The molecule has 0 unspecified atom stereocenters. The number of aromatic nitrogens is 3. The smallest absolute Gasteiger partial charge is 0.271 e. The number of nitrogens with zero attached hydrogens (tertiary/aromatic N) is 1. The van der Waals surface area contributed by atoms with Crippen molar-refractivity contribution in [2.45, 2.75) is 26.9 Å². The molecule has 3 N–H and O–H groups in total. The van der Waals surface area contributed by atoms with E-state index in [0.29, 0.717) is 23.0 Å². The van der Waals surface area contributed by atoms with Gasteiger partial charge in [-0.1, -0.05) is 30.3 Å². The molecule has 3 rings (SSSR count). The summed E-state index contributed by atoms with van der Waals surface area (Å²) in [4.78, 5) is 23.0. The second-order valence-corrected chi connectivity index (χ2v) is 5.97. The van der Waals surface area contributed by atoms with Crippen molar-refractivity contribution >= 4 is 5.91 Å². The fraction of sp³-hybridized carbons (Fsp3) is 0.263. The van der Waals surface area contributed by atoms with E-state index in [-0.39, 0.29) is 12.0 Å². The zero-order valence-electron chi connectivity index (χ0n) is 14.8. The van der Waals surface area contributed by atoms with Crippen molar-refractivity contribution in [3.8, 4) is 17.3 Å². The summed E-state index contributed by atoms with van der Waals surface area (Å²) in [7, 11) is 1.59. The predicted octanol–water partition coefficient (Wildman–Crippen LogP) is 3.52. The van der Waals surface area contributed by atoms with Gasteiger partial charge < -0.3 is 20.0 Å². The molecule has 2 heterocycles. The van der Waals surface area contributed by atoms with Gasteiger partial charge in [0.1, 0.15) is 11.8 Å². The molecule has 1 amide bonds. The van der Waals surface area contributed by atoms with Crippen LogP contribution in [0, 0.1) is 13.8 Å². The largest absolute Gasteiger partial charge is 0.484 e. The molecule has 25 heavy (non-hydrogen) atoms. The van der Waals surface area contributed by atoms with Gasteiger partial charge in [0.15, 0.2) is 11.6 Å². The van der Waals surface area contributed by atoms with E-state index < -0.39 is 0 Å². The maximum absolute atomic E-state index is 12.2. The monoisotopic (exact) mass is 338 g/mol. The topological polar surface area (TPSA) is 82.8 Å². The molecule has 0 spiro atoms. The first kappa shape index (κ1) is 16.8. The van der Waals surface area contributed by atoms with E-state index in [1.807, 2.05) is 57.2 Å². The van der Waals surface area contributed by atoms with Crippen molar-refractivity contribution in [1.29, 1.82) is 0 Å². The molecule has 1 aromatic carbocycles.